The van der Waals surface area contributed by atoms with Crippen LogP contribution in [0.1, 0.15) is 64.7 Å². The SMILES string of the molecule is C=CCCCCCCCC(Oc1cc(OC)ccc1NC(=O)CCC=C)C(=C)C. The molecule has 0 aliphatic rings. The summed E-state index contributed by atoms with van der Waals surface area (Å²) in [6.45, 7) is 13.5. The lowest BCUT2D eigenvalue weighted by Crippen LogP contribution is -2.19. The number of ether oxygens (including phenoxy) is 2. The first-order chi connectivity index (χ1) is 14.0. The second-order valence-electron chi connectivity index (χ2n) is 7.32. The van der Waals surface area contributed by atoms with Crippen LogP contribution in [0.25, 0.3) is 0 Å². The van der Waals surface area contributed by atoms with E-state index in [0.29, 0.717) is 30.0 Å². The highest BCUT2D eigenvalue weighted by Crippen LogP contribution is 2.32. The number of nitrogens with one attached hydrogen (secondary N) is 1. The highest BCUT2D eigenvalue weighted by Gasteiger charge is 2.16. The molecule has 1 N–H and O–H groups in total. The van der Waals surface area contributed by atoms with Gasteiger partial charge in [0.15, 0.2) is 0 Å². The number of hydrogen-bond acceptors (Lipinski definition) is 3. The molecule has 1 rings (SSSR count). The maximum absolute atomic E-state index is 12.1. The van der Waals surface area contributed by atoms with Crippen LogP contribution in [0.3, 0.4) is 0 Å². The van der Waals surface area contributed by atoms with Gasteiger partial charge in [-0.3, -0.25) is 4.79 Å². The molecule has 0 aliphatic carbocycles. The second-order valence-corrected chi connectivity index (χ2v) is 7.32. The Hall–Kier alpha value is -2.49. The molecule has 1 atom stereocenters. The second kappa shape index (κ2) is 14.5. The zero-order chi connectivity index (χ0) is 21.5. The summed E-state index contributed by atoms with van der Waals surface area (Å²) >= 11 is 0. The smallest absolute Gasteiger partial charge is 0.224 e. The van der Waals surface area contributed by atoms with Gasteiger partial charge in [-0.2, -0.15) is 0 Å². The van der Waals surface area contributed by atoms with Crippen LogP contribution < -0.4 is 14.8 Å². The topological polar surface area (TPSA) is 47.6 Å². The van der Waals surface area contributed by atoms with Crippen LogP contribution in [-0.2, 0) is 4.79 Å². The van der Waals surface area contributed by atoms with E-state index in [0.717, 1.165) is 24.8 Å². The Morgan fingerprint density at radius 2 is 1.79 bits per heavy atom. The molecule has 0 saturated carbocycles. The predicted octanol–water partition coefficient (Wildman–Crippen LogP) is 6.84. The first-order valence-corrected chi connectivity index (χ1v) is 10.5. The summed E-state index contributed by atoms with van der Waals surface area (Å²) in [4.78, 5) is 12.1. The first-order valence-electron chi connectivity index (χ1n) is 10.5. The Morgan fingerprint density at radius 3 is 2.45 bits per heavy atom. The summed E-state index contributed by atoms with van der Waals surface area (Å²) < 4.78 is 11.6. The minimum atomic E-state index is -0.0980. The van der Waals surface area contributed by atoms with E-state index < -0.39 is 0 Å². The molecule has 29 heavy (non-hydrogen) atoms. The largest absolute Gasteiger partial charge is 0.497 e. The van der Waals surface area contributed by atoms with E-state index >= 15 is 0 Å². The van der Waals surface area contributed by atoms with Gasteiger partial charge in [0.25, 0.3) is 0 Å². The van der Waals surface area contributed by atoms with E-state index in [2.05, 4.69) is 25.1 Å². The third kappa shape index (κ3) is 10.0. The van der Waals surface area contributed by atoms with Crippen molar-refractivity contribution in [3.8, 4) is 11.5 Å². The molecule has 0 aromatic heterocycles. The van der Waals surface area contributed by atoms with Crippen LogP contribution >= 0.6 is 0 Å². The van der Waals surface area contributed by atoms with E-state index in [1.165, 1.54) is 25.7 Å². The van der Waals surface area contributed by atoms with Gasteiger partial charge in [-0.25, -0.2) is 0 Å². The van der Waals surface area contributed by atoms with E-state index in [1.807, 2.05) is 31.2 Å². The number of allylic oxidation sites excluding steroid dienone is 2. The average Bonchev–Trinajstić information content (AvgIpc) is 2.71. The molecule has 4 nitrogen and oxygen atoms in total. The van der Waals surface area contributed by atoms with Crippen molar-refractivity contribution in [1.82, 2.24) is 0 Å². The summed E-state index contributed by atoms with van der Waals surface area (Å²) in [6.07, 6.45) is 12.6. The monoisotopic (exact) mass is 399 g/mol. The fourth-order valence-corrected chi connectivity index (χ4v) is 2.98. The highest BCUT2D eigenvalue weighted by atomic mass is 16.5. The number of carbonyl (C=O) groups excluding carboxylic acids is 1. The van der Waals surface area contributed by atoms with E-state index in [9.17, 15) is 4.79 Å². The van der Waals surface area contributed by atoms with Gasteiger partial charge in [-0.05, 0) is 56.7 Å². The molecule has 1 aromatic rings. The number of rotatable bonds is 16. The van der Waals surface area contributed by atoms with Crippen molar-refractivity contribution in [1.29, 1.82) is 0 Å². The number of unbranched alkanes of at least 4 members (excludes halogenated alkanes) is 5. The van der Waals surface area contributed by atoms with Crippen molar-refractivity contribution in [2.45, 2.75) is 70.8 Å². The van der Waals surface area contributed by atoms with E-state index in [4.69, 9.17) is 9.47 Å². The van der Waals surface area contributed by atoms with Gasteiger partial charge in [-0.1, -0.05) is 38.0 Å². The van der Waals surface area contributed by atoms with Crippen LogP contribution in [0.4, 0.5) is 5.69 Å². The van der Waals surface area contributed by atoms with Crippen LogP contribution in [0.5, 0.6) is 11.5 Å². The molecule has 0 bridgehead atoms. The summed E-state index contributed by atoms with van der Waals surface area (Å²) in [5.74, 6) is 1.23. The standard InChI is InChI=1S/C25H37NO3/c1-6-8-10-11-12-13-14-15-23(20(3)4)29-24-19-21(28-5)17-18-22(24)26-25(27)16-9-7-2/h6-7,17-19,23H,1-3,8-16H2,4-5H3,(H,26,27). The Kier molecular flexibility index (Phi) is 12.3. The summed E-state index contributed by atoms with van der Waals surface area (Å²) in [5, 5.41) is 2.93. The van der Waals surface area contributed by atoms with Crippen molar-refractivity contribution >= 4 is 11.6 Å². The summed E-state index contributed by atoms with van der Waals surface area (Å²) in [7, 11) is 1.62. The Balaban J connectivity index is 2.73. The lowest BCUT2D eigenvalue weighted by molar-refractivity contribution is -0.116. The third-order valence-electron chi connectivity index (χ3n) is 4.73. The van der Waals surface area contributed by atoms with Gasteiger partial charge in [0.2, 0.25) is 5.91 Å². The van der Waals surface area contributed by atoms with E-state index in [1.54, 1.807) is 13.2 Å². The minimum absolute atomic E-state index is 0.0636. The number of amides is 1. The lowest BCUT2D eigenvalue weighted by atomic mass is 10.0. The molecule has 0 spiro atoms. The van der Waals surface area contributed by atoms with Gasteiger partial charge in [0.05, 0.1) is 12.8 Å². The Labute approximate surface area is 176 Å². The molecular weight excluding hydrogens is 362 g/mol. The number of benzene rings is 1. The average molecular weight is 400 g/mol. The molecule has 0 radical (unpaired) electrons. The number of methoxy groups -OCH3 is 1. The quantitative estimate of drug-likeness (QED) is 0.244. The van der Waals surface area contributed by atoms with Crippen molar-refractivity contribution < 1.29 is 14.3 Å². The van der Waals surface area contributed by atoms with Gasteiger partial charge in [-0.15, -0.1) is 13.2 Å². The summed E-state index contributed by atoms with van der Waals surface area (Å²) in [5.41, 5.74) is 1.62. The molecule has 0 aliphatic heterocycles. The van der Waals surface area contributed by atoms with Gasteiger partial charge >= 0.3 is 0 Å². The van der Waals surface area contributed by atoms with Crippen LogP contribution in [0.2, 0.25) is 0 Å². The van der Waals surface area contributed by atoms with Crippen molar-refractivity contribution in [3.63, 3.8) is 0 Å². The van der Waals surface area contributed by atoms with E-state index in [-0.39, 0.29) is 12.0 Å². The molecular formula is C25H37NO3. The Bertz CT molecular complexity index is 666. The van der Waals surface area contributed by atoms with Crippen LogP contribution in [0, 0.1) is 0 Å². The molecule has 0 saturated heterocycles. The maximum Gasteiger partial charge on any atom is 0.224 e. The molecule has 0 heterocycles. The van der Waals surface area contributed by atoms with Crippen molar-refractivity contribution in [2.75, 3.05) is 12.4 Å². The number of hydrogen-bond donors (Lipinski definition) is 1. The molecule has 1 amide bonds. The normalized spacial score (nSPS) is 11.4. The predicted molar refractivity (Wildman–Crippen MR) is 123 cm³/mol. The highest BCUT2D eigenvalue weighted by molar-refractivity contribution is 5.92. The summed E-state index contributed by atoms with van der Waals surface area (Å²) in [6, 6.07) is 5.44. The van der Waals surface area contributed by atoms with Crippen LogP contribution in [0.15, 0.2) is 55.7 Å². The van der Waals surface area contributed by atoms with Gasteiger partial charge in [0.1, 0.15) is 17.6 Å². The molecule has 0 fully saturated rings. The molecule has 160 valence electrons. The molecule has 1 unspecified atom stereocenters. The van der Waals surface area contributed by atoms with Crippen molar-refractivity contribution in [3.05, 3.63) is 55.7 Å². The zero-order valence-corrected chi connectivity index (χ0v) is 18.2. The minimum Gasteiger partial charge on any atom is -0.497 e. The van der Waals surface area contributed by atoms with Gasteiger partial charge in [0, 0.05) is 12.5 Å². The molecule has 1 aromatic carbocycles. The fraction of sp³-hybridized carbons (Fsp3) is 0.480. The Morgan fingerprint density at radius 1 is 1.10 bits per heavy atom. The zero-order valence-electron chi connectivity index (χ0n) is 18.2. The number of carbonyl (C=O) groups is 1. The van der Waals surface area contributed by atoms with Crippen LogP contribution in [-0.4, -0.2) is 19.1 Å². The molecule has 4 heteroatoms. The van der Waals surface area contributed by atoms with Gasteiger partial charge < -0.3 is 14.8 Å². The maximum atomic E-state index is 12.1. The third-order valence-corrected chi connectivity index (χ3v) is 4.73. The van der Waals surface area contributed by atoms with Crippen molar-refractivity contribution in [2.24, 2.45) is 0 Å². The fourth-order valence-electron chi connectivity index (χ4n) is 2.98. The first kappa shape index (κ1) is 24.5. The lowest BCUT2D eigenvalue weighted by Gasteiger charge is -2.22. The number of anilines is 1.